The van der Waals surface area contributed by atoms with E-state index in [4.69, 9.17) is 4.74 Å². The monoisotopic (exact) mass is 476 g/mol. The van der Waals surface area contributed by atoms with Crippen LogP contribution in [0.1, 0.15) is 31.1 Å². The van der Waals surface area contributed by atoms with Crippen LogP contribution in [0.2, 0.25) is 0 Å². The molecule has 0 heterocycles. The molecule has 176 valence electrons. The molecule has 3 rings (SSSR count). The number of anilines is 1. The SMILES string of the molecule is CC(C)NC(=O)CSc1ccccc1C(=O)OC(C)C(=O)Nc1ccccc1-c1ccccc1. The lowest BCUT2D eigenvalue weighted by Gasteiger charge is -2.17. The summed E-state index contributed by atoms with van der Waals surface area (Å²) in [5.74, 6) is -0.994. The predicted molar refractivity (Wildman–Crippen MR) is 136 cm³/mol. The van der Waals surface area contributed by atoms with Crippen LogP contribution in [0.25, 0.3) is 11.1 Å². The van der Waals surface area contributed by atoms with E-state index in [0.717, 1.165) is 11.1 Å². The van der Waals surface area contributed by atoms with Crippen LogP contribution < -0.4 is 10.6 Å². The van der Waals surface area contributed by atoms with E-state index in [0.29, 0.717) is 16.1 Å². The van der Waals surface area contributed by atoms with Gasteiger partial charge in [-0.15, -0.1) is 11.8 Å². The molecule has 7 heteroatoms. The smallest absolute Gasteiger partial charge is 0.340 e. The Kier molecular flexibility index (Phi) is 8.87. The van der Waals surface area contributed by atoms with Gasteiger partial charge in [-0.25, -0.2) is 4.79 Å². The Labute approximate surface area is 204 Å². The molecule has 0 radical (unpaired) electrons. The first-order valence-corrected chi connectivity index (χ1v) is 12.0. The molecule has 0 saturated heterocycles. The van der Waals surface area contributed by atoms with Gasteiger partial charge in [0.25, 0.3) is 5.91 Å². The highest BCUT2D eigenvalue weighted by molar-refractivity contribution is 8.00. The van der Waals surface area contributed by atoms with Gasteiger partial charge in [0.05, 0.1) is 11.3 Å². The summed E-state index contributed by atoms with van der Waals surface area (Å²) in [6.45, 7) is 5.31. The summed E-state index contributed by atoms with van der Waals surface area (Å²) in [4.78, 5) is 38.2. The predicted octanol–water partition coefficient (Wildman–Crippen LogP) is 5.15. The molecule has 2 N–H and O–H groups in total. The number of hydrogen-bond acceptors (Lipinski definition) is 5. The molecule has 0 aliphatic heterocycles. The minimum absolute atomic E-state index is 0.0414. The van der Waals surface area contributed by atoms with E-state index >= 15 is 0 Å². The highest BCUT2D eigenvalue weighted by Crippen LogP contribution is 2.28. The highest BCUT2D eigenvalue weighted by Gasteiger charge is 2.22. The molecule has 0 aliphatic carbocycles. The number of hydrogen-bond donors (Lipinski definition) is 2. The summed E-state index contributed by atoms with van der Waals surface area (Å²) in [5.41, 5.74) is 2.79. The van der Waals surface area contributed by atoms with E-state index in [9.17, 15) is 14.4 Å². The van der Waals surface area contributed by atoms with Crippen LogP contribution in [0, 0.1) is 0 Å². The van der Waals surface area contributed by atoms with Crippen molar-refractivity contribution in [1.29, 1.82) is 0 Å². The van der Waals surface area contributed by atoms with Gasteiger partial charge in [-0.05, 0) is 44.5 Å². The maximum absolute atomic E-state index is 12.8. The average molecular weight is 477 g/mol. The summed E-state index contributed by atoms with van der Waals surface area (Å²) >= 11 is 1.25. The first-order valence-electron chi connectivity index (χ1n) is 11.0. The minimum Gasteiger partial charge on any atom is -0.449 e. The van der Waals surface area contributed by atoms with Crippen molar-refractivity contribution in [3.63, 3.8) is 0 Å². The van der Waals surface area contributed by atoms with Crippen LogP contribution in [0.5, 0.6) is 0 Å². The summed E-state index contributed by atoms with van der Waals surface area (Å²) in [6.07, 6.45) is -1.02. The molecule has 0 fully saturated rings. The molecule has 1 atom stereocenters. The highest BCUT2D eigenvalue weighted by atomic mass is 32.2. The van der Waals surface area contributed by atoms with Crippen LogP contribution in [0.4, 0.5) is 5.69 Å². The number of nitrogens with one attached hydrogen (secondary N) is 2. The number of rotatable bonds is 9. The zero-order valence-corrected chi connectivity index (χ0v) is 20.2. The molecule has 0 aliphatic rings. The first-order chi connectivity index (χ1) is 16.3. The summed E-state index contributed by atoms with van der Waals surface area (Å²) < 4.78 is 5.46. The maximum atomic E-state index is 12.8. The average Bonchev–Trinajstić information content (AvgIpc) is 2.83. The molecular formula is C27H28N2O4S. The third kappa shape index (κ3) is 6.96. The number of ether oxygens (including phenoxy) is 1. The van der Waals surface area contributed by atoms with Crippen molar-refractivity contribution in [1.82, 2.24) is 5.32 Å². The van der Waals surface area contributed by atoms with E-state index < -0.39 is 18.0 Å². The molecule has 0 saturated carbocycles. The number of esters is 1. The normalized spacial score (nSPS) is 11.5. The zero-order valence-electron chi connectivity index (χ0n) is 19.4. The van der Waals surface area contributed by atoms with Gasteiger partial charge in [0, 0.05) is 22.2 Å². The van der Waals surface area contributed by atoms with Gasteiger partial charge in [0.2, 0.25) is 5.91 Å². The Morgan fingerprint density at radius 1 is 0.853 bits per heavy atom. The van der Waals surface area contributed by atoms with E-state index in [2.05, 4.69) is 10.6 Å². The van der Waals surface area contributed by atoms with Gasteiger partial charge in [0.1, 0.15) is 0 Å². The van der Waals surface area contributed by atoms with Gasteiger partial charge in [-0.2, -0.15) is 0 Å². The fourth-order valence-corrected chi connectivity index (χ4v) is 4.09. The second-order valence-corrected chi connectivity index (χ2v) is 8.97. The lowest BCUT2D eigenvalue weighted by Crippen LogP contribution is -2.31. The molecule has 3 aromatic carbocycles. The third-order valence-corrected chi connectivity index (χ3v) is 5.91. The number of thioether (sulfide) groups is 1. The van der Waals surface area contributed by atoms with Crippen molar-refractivity contribution >= 4 is 35.2 Å². The summed E-state index contributed by atoms with van der Waals surface area (Å²) in [5, 5.41) is 5.68. The van der Waals surface area contributed by atoms with Crippen molar-refractivity contribution in [2.45, 2.75) is 37.8 Å². The van der Waals surface area contributed by atoms with Crippen LogP contribution in [0.15, 0.2) is 83.8 Å². The van der Waals surface area contributed by atoms with Crippen molar-refractivity contribution in [2.24, 2.45) is 0 Å². The fraction of sp³-hybridized carbons (Fsp3) is 0.222. The van der Waals surface area contributed by atoms with E-state index in [1.165, 1.54) is 18.7 Å². The number of carbonyl (C=O) groups excluding carboxylic acids is 3. The molecule has 0 spiro atoms. The number of amides is 2. The van der Waals surface area contributed by atoms with Gasteiger partial charge >= 0.3 is 5.97 Å². The molecule has 0 bridgehead atoms. The van der Waals surface area contributed by atoms with Gasteiger partial charge < -0.3 is 15.4 Å². The zero-order chi connectivity index (χ0) is 24.5. The summed E-state index contributed by atoms with van der Waals surface area (Å²) in [7, 11) is 0. The topological polar surface area (TPSA) is 84.5 Å². The Bertz CT molecular complexity index is 1150. The Morgan fingerprint density at radius 2 is 1.50 bits per heavy atom. The van der Waals surface area contributed by atoms with Crippen LogP contribution in [-0.4, -0.2) is 35.7 Å². The number of carbonyl (C=O) groups is 3. The van der Waals surface area contributed by atoms with E-state index in [-0.39, 0.29) is 17.7 Å². The Balaban J connectivity index is 1.66. The standard InChI is InChI=1S/C27H28N2O4S/c1-18(2)28-25(30)17-34-24-16-10-8-14-22(24)27(32)33-19(3)26(31)29-23-15-9-7-13-21(23)20-11-5-4-6-12-20/h4-16,18-19H,17H2,1-3H3,(H,28,30)(H,29,31). The molecule has 34 heavy (non-hydrogen) atoms. The lowest BCUT2D eigenvalue weighted by atomic mass is 10.0. The first kappa shape index (κ1) is 25.1. The third-order valence-electron chi connectivity index (χ3n) is 4.84. The van der Waals surface area contributed by atoms with Crippen molar-refractivity contribution in [2.75, 3.05) is 11.1 Å². The molecule has 3 aromatic rings. The molecule has 2 amide bonds. The lowest BCUT2D eigenvalue weighted by molar-refractivity contribution is -0.123. The van der Waals surface area contributed by atoms with Crippen molar-refractivity contribution in [3.05, 3.63) is 84.4 Å². The van der Waals surface area contributed by atoms with Crippen molar-refractivity contribution in [3.8, 4) is 11.1 Å². The number of para-hydroxylation sites is 1. The fourth-order valence-electron chi connectivity index (χ4n) is 3.24. The van der Waals surface area contributed by atoms with Crippen LogP contribution in [-0.2, 0) is 14.3 Å². The Morgan fingerprint density at radius 3 is 2.24 bits per heavy atom. The molecule has 0 aromatic heterocycles. The quantitative estimate of drug-likeness (QED) is 0.329. The van der Waals surface area contributed by atoms with Gasteiger partial charge in [0.15, 0.2) is 6.10 Å². The second-order valence-electron chi connectivity index (χ2n) is 7.96. The summed E-state index contributed by atoms with van der Waals surface area (Å²) in [6, 6.07) is 24.1. The van der Waals surface area contributed by atoms with E-state index in [1.807, 2.05) is 68.4 Å². The molecule has 6 nitrogen and oxygen atoms in total. The molecule has 1 unspecified atom stereocenters. The van der Waals surface area contributed by atoms with Crippen molar-refractivity contribution < 1.29 is 19.1 Å². The van der Waals surface area contributed by atoms with Crippen LogP contribution >= 0.6 is 11.8 Å². The Hall–Kier alpha value is -3.58. The number of benzene rings is 3. The minimum atomic E-state index is -1.02. The van der Waals surface area contributed by atoms with Gasteiger partial charge in [-0.1, -0.05) is 60.7 Å². The second kappa shape index (κ2) is 12.0. The largest absolute Gasteiger partial charge is 0.449 e. The van der Waals surface area contributed by atoms with Gasteiger partial charge in [-0.3, -0.25) is 9.59 Å². The molecular weight excluding hydrogens is 448 g/mol. The maximum Gasteiger partial charge on any atom is 0.340 e. The van der Waals surface area contributed by atoms with E-state index in [1.54, 1.807) is 24.3 Å². The van der Waals surface area contributed by atoms with Crippen LogP contribution in [0.3, 0.4) is 0 Å².